The van der Waals surface area contributed by atoms with E-state index in [0.717, 1.165) is 11.5 Å². The Morgan fingerprint density at radius 3 is 1.29 bits per heavy atom. The number of hydrogen-bond donors (Lipinski definition) is 4. The highest BCUT2D eigenvalue weighted by atomic mass is 35.5. The Balaban J connectivity index is 0.000000280. The first-order valence-corrected chi connectivity index (χ1v) is 9.86. The predicted octanol–water partition coefficient (Wildman–Crippen LogP) is 3.09. The molecule has 0 saturated carbocycles. The molecule has 0 unspecified atom stereocenters. The number of alkyl halides is 2. The van der Waals surface area contributed by atoms with Crippen molar-refractivity contribution in [1.29, 1.82) is 0 Å². The Labute approximate surface area is 174 Å². The van der Waals surface area contributed by atoms with Crippen LogP contribution >= 0.6 is 23.2 Å². The van der Waals surface area contributed by atoms with Crippen molar-refractivity contribution < 1.29 is 29.9 Å². The molecule has 0 radical (unpaired) electrons. The molecule has 0 saturated heterocycles. The molecule has 0 heterocycles. The van der Waals surface area contributed by atoms with Crippen LogP contribution in [0.4, 0.5) is 0 Å². The van der Waals surface area contributed by atoms with Crippen molar-refractivity contribution in [3.63, 3.8) is 0 Å². The quantitative estimate of drug-likeness (QED) is 0.340. The number of halogens is 2. The standard InChI is InChI=1S/C10H12Cl2O2.C10H14O4/c11-5-7-13-9-1-2-10(4-3-9)14-8-6-12;11-5-3-7-8(4-6-12)10(14)2-1-9(7)13/h1-4H,5-8H2;1-2,11-14H,3-6H2. The number of phenolic OH excluding ortho intramolecular Hbond substituents is 2. The van der Waals surface area contributed by atoms with Gasteiger partial charge in [0.2, 0.25) is 0 Å². The van der Waals surface area contributed by atoms with Crippen LogP contribution in [0.15, 0.2) is 36.4 Å². The van der Waals surface area contributed by atoms with Crippen LogP contribution in [0.3, 0.4) is 0 Å². The Kier molecular flexibility index (Phi) is 12.2. The molecule has 0 aliphatic carbocycles. The first kappa shape index (κ1) is 24.2. The van der Waals surface area contributed by atoms with Gasteiger partial charge in [-0.25, -0.2) is 0 Å². The summed E-state index contributed by atoms with van der Waals surface area (Å²) in [6, 6.07) is 10.1. The summed E-state index contributed by atoms with van der Waals surface area (Å²) in [6.45, 7) is 0.831. The summed E-state index contributed by atoms with van der Waals surface area (Å²) < 4.78 is 10.6. The van der Waals surface area contributed by atoms with Crippen LogP contribution in [0, 0.1) is 0 Å². The largest absolute Gasteiger partial charge is 0.508 e. The van der Waals surface area contributed by atoms with Crippen LogP contribution in [-0.4, -0.2) is 58.6 Å². The third-order valence-electron chi connectivity index (χ3n) is 3.62. The van der Waals surface area contributed by atoms with Gasteiger partial charge in [-0.15, -0.1) is 23.2 Å². The second kappa shape index (κ2) is 14.2. The van der Waals surface area contributed by atoms with E-state index >= 15 is 0 Å². The number of ether oxygens (including phenoxy) is 2. The number of benzene rings is 2. The molecule has 0 aliphatic heterocycles. The van der Waals surface area contributed by atoms with Gasteiger partial charge in [-0.1, -0.05) is 0 Å². The number of phenols is 2. The topological polar surface area (TPSA) is 99.4 Å². The monoisotopic (exact) mass is 432 g/mol. The summed E-state index contributed by atoms with van der Waals surface area (Å²) in [5.74, 6) is 2.66. The highest BCUT2D eigenvalue weighted by Gasteiger charge is 2.11. The molecule has 2 aromatic rings. The SMILES string of the molecule is ClCCOc1ccc(OCCCl)cc1.OCCc1c(O)ccc(O)c1CCO. The van der Waals surface area contributed by atoms with E-state index in [2.05, 4.69) is 0 Å². The van der Waals surface area contributed by atoms with Gasteiger partial charge in [0.25, 0.3) is 0 Å². The van der Waals surface area contributed by atoms with E-state index in [0.29, 0.717) is 36.1 Å². The number of aromatic hydroxyl groups is 2. The van der Waals surface area contributed by atoms with Crippen LogP contribution in [-0.2, 0) is 12.8 Å². The van der Waals surface area contributed by atoms with E-state index in [1.165, 1.54) is 12.1 Å². The highest BCUT2D eigenvalue weighted by molar-refractivity contribution is 6.18. The van der Waals surface area contributed by atoms with Crippen LogP contribution < -0.4 is 9.47 Å². The molecule has 8 heteroatoms. The third-order valence-corrected chi connectivity index (χ3v) is 3.93. The van der Waals surface area contributed by atoms with E-state index in [9.17, 15) is 10.2 Å². The predicted molar refractivity (Wildman–Crippen MR) is 110 cm³/mol. The van der Waals surface area contributed by atoms with Crippen molar-refractivity contribution in [2.24, 2.45) is 0 Å². The smallest absolute Gasteiger partial charge is 0.119 e. The number of aliphatic hydroxyl groups excluding tert-OH is 2. The molecule has 0 aliphatic rings. The summed E-state index contributed by atoms with van der Waals surface area (Å²) in [4.78, 5) is 0. The van der Waals surface area contributed by atoms with Crippen molar-refractivity contribution in [2.45, 2.75) is 12.8 Å². The molecule has 6 nitrogen and oxygen atoms in total. The van der Waals surface area contributed by atoms with E-state index in [1.54, 1.807) is 0 Å². The zero-order valence-corrected chi connectivity index (χ0v) is 17.0. The minimum Gasteiger partial charge on any atom is -0.508 e. The highest BCUT2D eigenvalue weighted by Crippen LogP contribution is 2.29. The minimum atomic E-state index is -0.102. The maximum atomic E-state index is 9.47. The molecular weight excluding hydrogens is 407 g/mol. The Morgan fingerprint density at radius 1 is 0.643 bits per heavy atom. The second-order valence-electron chi connectivity index (χ2n) is 5.55. The maximum Gasteiger partial charge on any atom is 0.119 e. The van der Waals surface area contributed by atoms with Gasteiger partial charge in [-0.05, 0) is 49.2 Å². The van der Waals surface area contributed by atoms with Crippen molar-refractivity contribution in [3.8, 4) is 23.0 Å². The number of aliphatic hydroxyl groups is 2. The van der Waals surface area contributed by atoms with Crippen molar-refractivity contribution in [3.05, 3.63) is 47.5 Å². The molecule has 0 spiro atoms. The summed E-state index contributed by atoms with van der Waals surface area (Å²) in [6.07, 6.45) is 0.547. The molecule has 156 valence electrons. The molecule has 28 heavy (non-hydrogen) atoms. The van der Waals surface area contributed by atoms with Crippen molar-refractivity contribution >= 4 is 23.2 Å². The fraction of sp³-hybridized carbons (Fsp3) is 0.400. The van der Waals surface area contributed by atoms with Gasteiger partial charge in [0, 0.05) is 24.3 Å². The average Bonchev–Trinajstić information content (AvgIpc) is 2.71. The first-order chi connectivity index (χ1) is 13.6. The normalized spacial score (nSPS) is 10.1. The lowest BCUT2D eigenvalue weighted by Crippen LogP contribution is -2.01. The molecule has 2 aromatic carbocycles. The van der Waals surface area contributed by atoms with Gasteiger partial charge >= 0.3 is 0 Å². The van der Waals surface area contributed by atoms with Gasteiger partial charge < -0.3 is 29.9 Å². The minimum absolute atomic E-state index is 0.0419. The molecular formula is C20H26Cl2O6. The lowest BCUT2D eigenvalue weighted by atomic mass is 10.00. The summed E-state index contributed by atoms with van der Waals surface area (Å²) in [7, 11) is 0. The van der Waals surface area contributed by atoms with Gasteiger partial charge in [-0.3, -0.25) is 0 Å². The Bertz CT molecular complexity index is 621. The van der Waals surface area contributed by atoms with Crippen LogP contribution in [0.5, 0.6) is 23.0 Å². The fourth-order valence-corrected chi connectivity index (χ4v) is 2.55. The Hall–Kier alpha value is -1.86. The van der Waals surface area contributed by atoms with E-state index in [-0.39, 0.29) is 37.6 Å². The molecule has 0 amide bonds. The summed E-state index contributed by atoms with van der Waals surface area (Å²) in [5, 5.41) is 36.5. The van der Waals surface area contributed by atoms with Crippen LogP contribution in [0.2, 0.25) is 0 Å². The number of hydrogen-bond acceptors (Lipinski definition) is 6. The van der Waals surface area contributed by atoms with E-state index in [4.69, 9.17) is 42.9 Å². The zero-order chi connectivity index (χ0) is 20.8. The molecule has 0 aromatic heterocycles. The zero-order valence-electron chi connectivity index (χ0n) is 15.5. The lowest BCUT2D eigenvalue weighted by molar-refractivity contribution is 0.289. The summed E-state index contributed by atoms with van der Waals surface area (Å²) in [5.41, 5.74) is 1.00. The summed E-state index contributed by atoms with van der Waals surface area (Å²) >= 11 is 11.0. The maximum absolute atomic E-state index is 9.47. The number of rotatable bonds is 10. The first-order valence-electron chi connectivity index (χ1n) is 8.79. The van der Waals surface area contributed by atoms with Gasteiger partial charge in [-0.2, -0.15) is 0 Å². The molecule has 4 N–H and O–H groups in total. The van der Waals surface area contributed by atoms with E-state index < -0.39 is 0 Å². The fourth-order valence-electron chi connectivity index (χ4n) is 2.39. The van der Waals surface area contributed by atoms with Gasteiger partial charge in [0.1, 0.15) is 36.2 Å². The lowest BCUT2D eigenvalue weighted by Gasteiger charge is -2.11. The Morgan fingerprint density at radius 2 is 1.00 bits per heavy atom. The third kappa shape index (κ3) is 8.44. The molecule has 2 rings (SSSR count). The molecule has 0 atom stereocenters. The van der Waals surface area contributed by atoms with Crippen molar-refractivity contribution in [1.82, 2.24) is 0 Å². The molecule has 0 fully saturated rings. The van der Waals surface area contributed by atoms with Crippen molar-refractivity contribution in [2.75, 3.05) is 38.2 Å². The molecule has 0 bridgehead atoms. The second-order valence-corrected chi connectivity index (χ2v) is 6.31. The van der Waals surface area contributed by atoms with Crippen LogP contribution in [0.1, 0.15) is 11.1 Å². The van der Waals surface area contributed by atoms with Crippen LogP contribution in [0.25, 0.3) is 0 Å². The van der Waals surface area contributed by atoms with Gasteiger partial charge in [0.05, 0.1) is 11.8 Å². The van der Waals surface area contributed by atoms with E-state index in [1.807, 2.05) is 24.3 Å². The average molecular weight is 433 g/mol. The van der Waals surface area contributed by atoms with Gasteiger partial charge in [0.15, 0.2) is 0 Å².